The summed E-state index contributed by atoms with van der Waals surface area (Å²) in [5.74, 6) is 0.746. The van der Waals surface area contributed by atoms with Crippen molar-refractivity contribution in [3.05, 3.63) is 35.7 Å². The summed E-state index contributed by atoms with van der Waals surface area (Å²) in [4.78, 5) is 8.39. The zero-order valence-electron chi connectivity index (χ0n) is 17.3. The summed E-state index contributed by atoms with van der Waals surface area (Å²) in [6, 6.07) is 8.62. The molecule has 29 heavy (non-hydrogen) atoms. The first kappa shape index (κ1) is 21.7. The van der Waals surface area contributed by atoms with Gasteiger partial charge in [0.15, 0.2) is 0 Å². The van der Waals surface area contributed by atoms with Crippen LogP contribution in [0.2, 0.25) is 30.8 Å². The molecule has 0 amide bonds. The molecule has 1 aromatic carbocycles. The van der Waals surface area contributed by atoms with Crippen LogP contribution >= 0.6 is 11.6 Å². The third-order valence-electron chi connectivity index (χ3n) is 4.35. The summed E-state index contributed by atoms with van der Waals surface area (Å²) in [6.45, 7) is 9.05. The normalized spacial score (nSPS) is 11.9. The van der Waals surface area contributed by atoms with E-state index in [0.29, 0.717) is 37.4 Å². The molecule has 3 rings (SSSR count). The van der Waals surface area contributed by atoms with Crippen molar-refractivity contribution in [1.82, 2.24) is 19.7 Å². The minimum atomic E-state index is -1.16. The van der Waals surface area contributed by atoms with E-state index in [4.69, 9.17) is 30.9 Å². The molecule has 0 saturated carbocycles. The van der Waals surface area contributed by atoms with E-state index in [1.165, 1.54) is 6.33 Å². The van der Waals surface area contributed by atoms with Crippen molar-refractivity contribution in [2.75, 3.05) is 26.9 Å². The van der Waals surface area contributed by atoms with Gasteiger partial charge in [0.2, 0.25) is 0 Å². The van der Waals surface area contributed by atoms with E-state index < -0.39 is 8.07 Å². The molecule has 0 saturated heterocycles. The lowest BCUT2D eigenvalue weighted by atomic mass is 10.1. The van der Waals surface area contributed by atoms with E-state index in [2.05, 4.69) is 29.6 Å². The minimum absolute atomic E-state index is 0.343. The molecule has 2 aromatic heterocycles. The molecule has 0 fully saturated rings. The van der Waals surface area contributed by atoms with Gasteiger partial charge in [-0.3, -0.25) is 0 Å². The number of hydrogen-bond donors (Lipinski definition) is 0. The number of methoxy groups -OCH3 is 1. The Balaban J connectivity index is 1.92. The highest BCUT2D eigenvalue weighted by atomic mass is 35.5. The van der Waals surface area contributed by atoms with Crippen LogP contribution in [0, 0.1) is 0 Å². The predicted octanol–water partition coefficient (Wildman–Crippen LogP) is 4.48. The zero-order valence-corrected chi connectivity index (χ0v) is 19.1. The fraction of sp³-hybridized carbons (Fsp3) is 0.450. The molecule has 156 valence electrons. The van der Waals surface area contributed by atoms with E-state index in [9.17, 15) is 0 Å². The summed E-state index contributed by atoms with van der Waals surface area (Å²) in [7, 11) is 0.493. The largest absolute Gasteiger partial charge is 0.491 e. The monoisotopic (exact) mass is 434 g/mol. The summed E-state index contributed by atoms with van der Waals surface area (Å²) >= 11 is 6.11. The van der Waals surface area contributed by atoms with Gasteiger partial charge in [-0.25, -0.2) is 14.6 Å². The van der Waals surface area contributed by atoms with Crippen LogP contribution in [0.5, 0.6) is 5.75 Å². The second-order valence-corrected chi connectivity index (χ2v) is 14.0. The van der Waals surface area contributed by atoms with E-state index in [0.717, 1.165) is 28.4 Å². The van der Waals surface area contributed by atoms with Crippen LogP contribution in [0.3, 0.4) is 0 Å². The Morgan fingerprint density at radius 3 is 2.62 bits per heavy atom. The van der Waals surface area contributed by atoms with Crippen molar-refractivity contribution >= 4 is 30.6 Å². The Kier molecular flexibility index (Phi) is 7.23. The molecule has 3 aromatic rings. The second kappa shape index (κ2) is 9.66. The average Bonchev–Trinajstić information content (AvgIpc) is 3.02. The molecule has 0 aliphatic rings. The van der Waals surface area contributed by atoms with Crippen molar-refractivity contribution in [1.29, 1.82) is 0 Å². The van der Waals surface area contributed by atoms with Gasteiger partial charge in [0.25, 0.3) is 0 Å². The van der Waals surface area contributed by atoms with Crippen molar-refractivity contribution in [2.24, 2.45) is 0 Å². The summed E-state index contributed by atoms with van der Waals surface area (Å²) in [6.07, 6.45) is 1.45. The average molecular weight is 435 g/mol. The van der Waals surface area contributed by atoms with Gasteiger partial charge >= 0.3 is 0 Å². The second-order valence-electron chi connectivity index (χ2n) is 7.94. The molecule has 0 aliphatic carbocycles. The first-order chi connectivity index (χ1) is 13.9. The molecule has 7 nitrogen and oxygen atoms in total. The fourth-order valence-electron chi connectivity index (χ4n) is 2.80. The van der Waals surface area contributed by atoms with Gasteiger partial charge in [-0.05, 0) is 24.2 Å². The lowest BCUT2D eigenvalue weighted by Gasteiger charge is -2.15. The topological polar surface area (TPSA) is 71.3 Å². The minimum Gasteiger partial charge on any atom is -0.491 e. The van der Waals surface area contributed by atoms with E-state index in [1.807, 2.05) is 22.9 Å². The Morgan fingerprint density at radius 1 is 1.07 bits per heavy atom. The molecule has 0 atom stereocenters. The molecule has 2 heterocycles. The van der Waals surface area contributed by atoms with Crippen LogP contribution in [0.15, 0.2) is 30.6 Å². The number of benzene rings is 1. The van der Waals surface area contributed by atoms with Gasteiger partial charge < -0.3 is 14.2 Å². The molecule has 0 radical (unpaired) electrons. The number of fused-ring (bicyclic) bond motifs is 1. The summed E-state index contributed by atoms with van der Waals surface area (Å²) in [5.41, 5.74) is 2.35. The Hall–Kier alpha value is -2.00. The molecule has 0 spiro atoms. The number of ether oxygens (including phenoxy) is 3. The molecular formula is C20H27ClN4O3Si. The molecule has 0 bridgehead atoms. The maximum absolute atomic E-state index is 6.11. The number of nitrogens with zero attached hydrogens (tertiary/aromatic N) is 4. The number of halogens is 1. The zero-order chi connectivity index (χ0) is 20.9. The van der Waals surface area contributed by atoms with Gasteiger partial charge in [-0.1, -0.05) is 31.2 Å². The lowest BCUT2D eigenvalue weighted by Crippen LogP contribution is -2.22. The Bertz CT molecular complexity index is 959. The van der Waals surface area contributed by atoms with Crippen molar-refractivity contribution < 1.29 is 14.2 Å². The standard InChI is InChI=1S/C20H27ClN4O3Si/c1-26-7-8-28-15-5-6-17-16(11-15)20(18-12-19(21)23-13-22-18)25(24-17)14-27-9-10-29(2,3)4/h5-6,11-13H,7-10,14H2,1-4H3. The number of rotatable bonds is 10. The van der Waals surface area contributed by atoms with Crippen LogP contribution in [-0.2, 0) is 16.2 Å². The van der Waals surface area contributed by atoms with Crippen molar-refractivity contribution in [3.8, 4) is 17.1 Å². The van der Waals surface area contributed by atoms with Gasteiger partial charge in [-0.15, -0.1) is 0 Å². The fourth-order valence-corrected chi connectivity index (χ4v) is 3.70. The number of aromatic nitrogens is 4. The highest BCUT2D eigenvalue weighted by molar-refractivity contribution is 6.76. The highest BCUT2D eigenvalue weighted by Gasteiger charge is 2.17. The van der Waals surface area contributed by atoms with Crippen molar-refractivity contribution in [3.63, 3.8) is 0 Å². The first-order valence-corrected chi connectivity index (χ1v) is 13.6. The van der Waals surface area contributed by atoms with Gasteiger partial charge in [0.1, 0.15) is 30.6 Å². The predicted molar refractivity (Wildman–Crippen MR) is 117 cm³/mol. The SMILES string of the molecule is COCCOc1ccc2nn(COCC[Si](C)(C)C)c(-c3cc(Cl)ncn3)c2c1. The maximum Gasteiger partial charge on any atom is 0.140 e. The third kappa shape index (κ3) is 5.99. The van der Waals surface area contributed by atoms with Crippen LogP contribution in [0.4, 0.5) is 0 Å². The Labute approximate surface area is 177 Å². The van der Waals surface area contributed by atoms with E-state index in [1.54, 1.807) is 13.2 Å². The quantitative estimate of drug-likeness (QED) is 0.266. The van der Waals surface area contributed by atoms with Crippen LogP contribution in [0.1, 0.15) is 0 Å². The smallest absolute Gasteiger partial charge is 0.140 e. The van der Waals surface area contributed by atoms with Crippen LogP contribution < -0.4 is 4.74 Å². The first-order valence-electron chi connectivity index (χ1n) is 9.55. The lowest BCUT2D eigenvalue weighted by molar-refractivity contribution is 0.0802. The highest BCUT2D eigenvalue weighted by Crippen LogP contribution is 2.31. The Morgan fingerprint density at radius 2 is 1.90 bits per heavy atom. The van der Waals surface area contributed by atoms with Crippen molar-refractivity contribution in [2.45, 2.75) is 32.4 Å². The molecule has 0 unspecified atom stereocenters. The molecule has 9 heteroatoms. The molecule has 0 N–H and O–H groups in total. The molecular weight excluding hydrogens is 408 g/mol. The maximum atomic E-state index is 6.11. The molecule has 0 aliphatic heterocycles. The van der Waals surface area contributed by atoms with Gasteiger partial charge in [-0.2, -0.15) is 5.10 Å². The summed E-state index contributed by atoms with van der Waals surface area (Å²) < 4.78 is 18.6. The number of hydrogen-bond acceptors (Lipinski definition) is 6. The van der Waals surface area contributed by atoms with Gasteiger partial charge in [0, 0.05) is 33.2 Å². The van der Waals surface area contributed by atoms with E-state index >= 15 is 0 Å². The van der Waals surface area contributed by atoms with Gasteiger partial charge in [0.05, 0.1) is 23.5 Å². The van der Waals surface area contributed by atoms with Crippen LogP contribution in [0.25, 0.3) is 22.3 Å². The van der Waals surface area contributed by atoms with E-state index in [-0.39, 0.29) is 0 Å². The van der Waals surface area contributed by atoms with Crippen LogP contribution in [-0.4, -0.2) is 54.8 Å². The summed E-state index contributed by atoms with van der Waals surface area (Å²) in [5, 5.41) is 6.01. The third-order valence-corrected chi connectivity index (χ3v) is 6.26.